The van der Waals surface area contributed by atoms with Gasteiger partial charge in [-0.3, -0.25) is 9.59 Å². The van der Waals surface area contributed by atoms with Gasteiger partial charge >= 0.3 is 0 Å². The van der Waals surface area contributed by atoms with Crippen molar-refractivity contribution in [2.45, 2.75) is 12.5 Å². The maximum absolute atomic E-state index is 13.2. The van der Waals surface area contributed by atoms with Gasteiger partial charge in [-0.1, -0.05) is 36.4 Å². The number of hydrogen-bond donors (Lipinski definition) is 0. The molecule has 116 valence electrons. The van der Waals surface area contributed by atoms with Gasteiger partial charge in [0.05, 0.1) is 7.11 Å². The second-order valence-electron chi connectivity index (χ2n) is 6.00. The Balaban J connectivity index is 1.96. The minimum absolute atomic E-state index is 0.150. The van der Waals surface area contributed by atoms with Gasteiger partial charge in [0.1, 0.15) is 17.3 Å². The molecule has 0 aliphatic heterocycles. The highest BCUT2D eigenvalue weighted by molar-refractivity contribution is 6.25. The number of ether oxygens (including phenoxy) is 2. The second kappa shape index (κ2) is 4.77. The number of carbonyl (C=O) groups excluding carboxylic acids is 2. The molecule has 0 saturated heterocycles. The SMILES string of the molecule is COc1cccc2c1C(OC)C1(Cc3ccccc3C1=O)C2=O. The number of fused-ring (bicyclic) bond motifs is 2. The molecule has 1 spiro atoms. The van der Waals surface area contributed by atoms with Crippen molar-refractivity contribution in [1.29, 1.82) is 0 Å². The smallest absolute Gasteiger partial charge is 0.180 e. The fraction of sp³-hybridized carbons (Fsp3) is 0.263. The molecule has 2 aromatic rings. The highest BCUT2D eigenvalue weighted by Gasteiger charge is 2.62. The Bertz CT molecular complexity index is 839. The van der Waals surface area contributed by atoms with Gasteiger partial charge in [-0.2, -0.15) is 0 Å². The highest BCUT2D eigenvalue weighted by atomic mass is 16.5. The van der Waals surface area contributed by atoms with Crippen molar-refractivity contribution in [3.8, 4) is 5.75 Å². The van der Waals surface area contributed by atoms with E-state index in [1.807, 2.05) is 18.2 Å². The highest BCUT2D eigenvalue weighted by Crippen LogP contribution is 2.56. The quantitative estimate of drug-likeness (QED) is 0.800. The lowest BCUT2D eigenvalue weighted by Gasteiger charge is -2.27. The molecule has 0 amide bonds. The summed E-state index contributed by atoms with van der Waals surface area (Å²) in [5.74, 6) is 0.269. The summed E-state index contributed by atoms with van der Waals surface area (Å²) in [6, 6.07) is 12.7. The molecule has 2 aromatic carbocycles. The van der Waals surface area contributed by atoms with Crippen LogP contribution in [0.15, 0.2) is 42.5 Å². The van der Waals surface area contributed by atoms with Gasteiger partial charge in [-0.25, -0.2) is 0 Å². The van der Waals surface area contributed by atoms with E-state index in [0.717, 1.165) is 5.56 Å². The van der Waals surface area contributed by atoms with Crippen LogP contribution in [0.3, 0.4) is 0 Å². The standard InChI is InChI=1S/C19H16O4/c1-22-14-9-5-8-13-15(14)18(23-2)19(17(13)21)10-11-6-3-4-7-12(11)16(19)20/h3-9,18H,10H2,1-2H3. The minimum Gasteiger partial charge on any atom is -0.496 e. The van der Waals surface area contributed by atoms with Gasteiger partial charge in [0.15, 0.2) is 11.6 Å². The van der Waals surface area contributed by atoms with Crippen LogP contribution in [0.4, 0.5) is 0 Å². The molecule has 2 unspecified atom stereocenters. The summed E-state index contributed by atoms with van der Waals surface area (Å²) in [6.07, 6.45) is -0.252. The van der Waals surface area contributed by atoms with Crippen LogP contribution in [-0.4, -0.2) is 25.8 Å². The number of rotatable bonds is 2. The van der Waals surface area contributed by atoms with E-state index in [1.54, 1.807) is 31.4 Å². The second-order valence-corrected chi connectivity index (χ2v) is 6.00. The zero-order valence-electron chi connectivity index (χ0n) is 13.0. The monoisotopic (exact) mass is 308 g/mol. The number of ketones is 2. The molecule has 2 atom stereocenters. The van der Waals surface area contributed by atoms with Crippen LogP contribution in [0, 0.1) is 5.41 Å². The first-order valence-corrected chi connectivity index (χ1v) is 7.52. The number of benzene rings is 2. The molecule has 0 heterocycles. The average Bonchev–Trinajstić information content (AvgIpc) is 3.02. The van der Waals surface area contributed by atoms with Crippen molar-refractivity contribution in [2.24, 2.45) is 5.41 Å². The van der Waals surface area contributed by atoms with E-state index in [9.17, 15) is 9.59 Å². The van der Waals surface area contributed by atoms with Crippen molar-refractivity contribution >= 4 is 11.6 Å². The summed E-state index contributed by atoms with van der Waals surface area (Å²) >= 11 is 0. The van der Waals surface area contributed by atoms with E-state index in [4.69, 9.17) is 9.47 Å². The van der Waals surface area contributed by atoms with E-state index in [1.165, 1.54) is 7.11 Å². The fourth-order valence-corrected chi connectivity index (χ4v) is 4.03. The lowest BCUT2D eigenvalue weighted by molar-refractivity contribution is 0.0116. The lowest BCUT2D eigenvalue weighted by atomic mass is 9.77. The molecule has 0 fully saturated rings. The van der Waals surface area contributed by atoms with Gasteiger partial charge in [0.2, 0.25) is 0 Å². The number of hydrogen-bond acceptors (Lipinski definition) is 4. The van der Waals surface area contributed by atoms with Gasteiger partial charge in [-0.15, -0.1) is 0 Å². The summed E-state index contributed by atoms with van der Waals surface area (Å²) in [4.78, 5) is 26.3. The summed E-state index contributed by atoms with van der Waals surface area (Å²) in [7, 11) is 3.10. The molecule has 0 bridgehead atoms. The molecule has 2 aliphatic carbocycles. The summed E-state index contributed by atoms with van der Waals surface area (Å²) in [6.45, 7) is 0. The van der Waals surface area contributed by atoms with Gasteiger partial charge in [0.25, 0.3) is 0 Å². The van der Waals surface area contributed by atoms with Crippen molar-refractivity contribution in [2.75, 3.05) is 14.2 Å². The zero-order valence-corrected chi connectivity index (χ0v) is 13.0. The van der Waals surface area contributed by atoms with E-state index in [-0.39, 0.29) is 11.6 Å². The van der Waals surface area contributed by atoms with Crippen molar-refractivity contribution in [3.63, 3.8) is 0 Å². The predicted octanol–water partition coefficient (Wildman–Crippen LogP) is 3.00. The molecule has 4 rings (SSSR count). The third-order valence-corrected chi connectivity index (χ3v) is 5.02. The Hall–Kier alpha value is -2.46. The number of methoxy groups -OCH3 is 2. The molecule has 0 radical (unpaired) electrons. The molecule has 4 heteroatoms. The Morgan fingerprint density at radius 3 is 2.35 bits per heavy atom. The van der Waals surface area contributed by atoms with E-state index >= 15 is 0 Å². The summed E-state index contributed by atoms with van der Waals surface area (Å²) in [5.41, 5.74) is 1.53. The van der Waals surface area contributed by atoms with Crippen molar-refractivity contribution in [3.05, 3.63) is 64.7 Å². The maximum Gasteiger partial charge on any atom is 0.180 e. The predicted molar refractivity (Wildman–Crippen MR) is 84.0 cm³/mol. The van der Waals surface area contributed by atoms with Gasteiger partial charge < -0.3 is 9.47 Å². The van der Waals surface area contributed by atoms with Crippen LogP contribution in [0.1, 0.15) is 37.9 Å². The Labute approximate surface area is 134 Å². The van der Waals surface area contributed by atoms with Gasteiger partial charge in [0, 0.05) is 23.8 Å². The Morgan fingerprint density at radius 2 is 1.65 bits per heavy atom. The largest absolute Gasteiger partial charge is 0.496 e. The van der Waals surface area contributed by atoms with Crippen LogP contribution in [0.25, 0.3) is 0 Å². The Kier molecular flexibility index (Phi) is 2.93. The first-order valence-electron chi connectivity index (χ1n) is 7.52. The third kappa shape index (κ3) is 1.59. The normalized spacial score (nSPS) is 24.9. The molecule has 0 aromatic heterocycles. The summed E-state index contributed by atoms with van der Waals surface area (Å²) < 4.78 is 11.1. The van der Waals surface area contributed by atoms with E-state index in [0.29, 0.717) is 28.9 Å². The topological polar surface area (TPSA) is 52.6 Å². The van der Waals surface area contributed by atoms with Crippen molar-refractivity contribution in [1.82, 2.24) is 0 Å². The lowest BCUT2D eigenvalue weighted by Crippen LogP contribution is -2.38. The van der Waals surface area contributed by atoms with Gasteiger partial charge in [-0.05, 0) is 18.1 Å². The van der Waals surface area contributed by atoms with Crippen LogP contribution >= 0.6 is 0 Å². The Morgan fingerprint density at radius 1 is 0.957 bits per heavy atom. The molecule has 23 heavy (non-hydrogen) atoms. The van der Waals surface area contributed by atoms with Crippen LogP contribution in [-0.2, 0) is 11.2 Å². The molecular formula is C19H16O4. The molecular weight excluding hydrogens is 292 g/mol. The van der Waals surface area contributed by atoms with Crippen LogP contribution < -0.4 is 4.74 Å². The molecule has 0 N–H and O–H groups in total. The van der Waals surface area contributed by atoms with Crippen molar-refractivity contribution < 1.29 is 19.1 Å². The zero-order chi connectivity index (χ0) is 16.2. The third-order valence-electron chi connectivity index (χ3n) is 5.02. The first kappa shape index (κ1) is 14.2. The van der Waals surface area contributed by atoms with E-state index in [2.05, 4.69) is 0 Å². The maximum atomic E-state index is 13.2. The van der Waals surface area contributed by atoms with Crippen LogP contribution in [0.2, 0.25) is 0 Å². The molecule has 4 nitrogen and oxygen atoms in total. The fourth-order valence-electron chi connectivity index (χ4n) is 4.03. The average molecular weight is 308 g/mol. The van der Waals surface area contributed by atoms with E-state index < -0.39 is 11.5 Å². The first-order chi connectivity index (χ1) is 11.1. The van der Waals surface area contributed by atoms with Crippen LogP contribution in [0.5, 0.6) is 5.75 Å². The number of Topliss-reactive ketones (excluding diaryl/α,β-unsaturated/α-hetero) is 2. The molecule has 0 saturated carbocycles. The summed E-state index contributed by atoms with van der Waals surface area (Å²) in [5, 5.41) is 0. The minimum atomic E-state index is -1.20. The number of carbonyl (C=O) groups is 2. The molecule has 2 aliphatic rings.